The fourth-order valence-corrected chi connectivity index (χ4v) is 2.91. The first-order chi connectivity index (χ1) is 13.6. The van der Waals surface area contributed by atoms with Crippen LogP contribution in [0.15, 0.2) is 42.6 Å². The smallest absolute Gasteiger partial charge is 0.269 e. The van der Waals surface area contributed by atoms with Crippen molar-refractivity contribution in [3.63, 3.8) is 0 Å². The number of nitrogens with one attached hydrogen (secondary N) is 3. The second kappa shape index (κ2) is 8.34. The van der Waals surface area contributed by atoms with E-state index in [0.29, 0.717) is 17.2 Å². The molecule has 0 atom stereocenters. The van der Waals surface area contributed by atoms with Gasteiger partial charge in [0.25, 0.3) is 5.91 Å². The largest absolute Gasteiger partial charge is 0.493 e. The summed E-state index contributed by atoms with van der Waals surface area (Å²) in [7, 11) is 4.40. The third kappa shape index (κ3) is 3.85. The highest BCUT2D eigenvalue weighted by Crippen LogP contribution is 2.38. The van der Waals surface area contributed by atoms with Gasteiger partial charge in [0.05, 0.1) is 27.8 Å². The number of hydrazine groups is 1. The number of ether oxygens (including phenoxy) is 3. The Morgan fingerprint density at radius 2 is 1.64 bits per heavy atom. The number of para-hydroxylation sites is 1. The second-order valence-corrected chi connectivity index (χ2v) is 5.95. The van der Waals surface area contributed by atoms with Crippen LogP contribution in [0.5, 0.6) is 17.2 Å². The highest BCUT2D eigenvalue weighted by Gasteiger charge is 2.17. The summed E-state index contributed by atoms with van der Waals surface area (Å²) in [5.41, 5.74) is 6.87. The van der Waals surface area contributed by atoms with Gasteiger partial charge in [-0.2, -0.15) is 0 Å². The van der Waals surface area contributed by atoms with Crippen LogP contribution >= 0.6 is 0 Å². The topological polar surface area (TPSA) is 102 Å². The van der Waals surface area contributed by atoms with Crippen LogP contribution in [0, 0.1) is 0 Å². The van der Waals surface area contributed by atoms with E-state index in [-0.39, 0.29) is 17.9 Å². The van der Waals surface area contributed by atoms with Crippen molar-refractivity contribution in [1.29, 1.82) is 0 Å². The van der Waals surface area contributed by atoms with Gasteiger partial charge in [-0.05, 0) is 23.8 Å². The standard InChI is InChI=1S/C20H21N3O5/c1-26-16-8-12(9-17(27-2)19(16)28-3)20(25)23-22-18(24)10-13-11-21-15-7-5-4-6-14(13)15/h4-9,11,21H,10H2,1-3H3,(H,22,24)(H,23,25). The number of fused-ring (bicyclic) bond motifs is 1. The number of methoxy groups -OCH3 is 3. The maximum absolute atomic E-state index is 12.4. The van der Waals surface area contributed by atoms with Gasteiger partial charge in [-0.15, -0.1) is 0 Å². The molecule has 0 aliphatic rings. The van der Waals surface area contributed by atoms with Gasteiger partial charge in [0.2, 0.25) is 11.7 Å². The number of benzene rings is 2. The fourth-order valence-electron chi connectivity index (χ4n) is 2.91. The number of hydrogen-bond acceptors (Lipinski definition) is 5. The van der Waals surface area contributed by atoms with Gasteiger partial charge in [0.1, 0.15) is 0 Å². The summed E-state index contributed by atoms with van der Waals surface area (Å²) in [4.78, 5) is 27.8. The number of carbonyl (C=O) groups excluding carboxylic acids is 2. The molecule has 1 aromatic heterocycles. The SMILES string of the molecule is COc1cc(C(=O)NNC(=O)Cc2c[nH]c3ccccc23)cc(OC)c1OC. The van der Waals surface area contributed by atoms with Crippen molar-refractivity contribution in [2.24, 2.45) is 0 Å². The van der Waals surface area contributed by atoms with Crippen molar-refractivity contribution in [2.75, 3.05) is 21.3 Å². The molecule has 3 aromatic rings. The molecule has 0 radical (unpaired) electrons. The van der Waals surface area contributed by atoms with E-state index in [1.165, 1.54) is 33.5 Å². The molecule has 0 spiro atoms. The first-order valence-electron chi connectivity index (χ1n) is 8.51. The van der Waals surface area contributed by atoms with E-state index in [0.717, 1.165) is 16.5 Å². The summed E-state index contributed by atoms with van der Waals surface area (Å²) in [6, 6.07) is 10.7. The minimum atomic E-state index is -0.508. The summed E-state index contributed by atoms with van der Waals surface area (Å²) < 4.78 is 15.7. The molecular formula is C20H21N3O5. The lowest BCUT2D eigenvalue weighted by Gasteiger charge is -2.14. The minimum absolute atomic E-state index is 0.125. The molecule has 2 aromatic carbocycles. The molecule has 8 nitrogen and oxygen atoms in total. The predicted octanol–water partition coefficient (Wildman–Crippen LogP) is 2.20. The number of rotatable bonds is 6. The molecular weight excluding hydrogens is 362 g/mol. The van der Waals surface area contributed by atoms with E-state index in [1.807, 2.05) is 24.3 Å². The Balaban J connectivity index is 1.67. The lowest BCUT2D eigenvalue weighted by atomic mass is 10.1. The van der Waals surface area contributed by atoms with Gasteiger partial charge < -0.3 is 19.2 Å². The van der Waals surface area contributed by atoms with E-state index < -0.39 is 5.91 Å². The van der Waals surface area contributed by atoms with Crippen LogP contribution in [0.25, 0.3) is 10.9 Å². The summed E-state index contributed by atoms with van der Waals surface area (Å²) in [6.07, 6.45) is 1.91. The van der Waals surface area contributed by atoms with Crippen LogP contribution in [0.3, 0.4) is 0 Å². The zero-order valence-electron chi connectivity index (χ0n) is 15.8. The zero-order valence-corrected chi connectivity index (χ0v) is 15.8. The molecule has 3 rings (SSSR count). The Morgan fingerprint density at radius 1 is 0.964 bits per heavy atom. The summed E-state index contributed by atoms with van der Waals surface area (Å²) in [5, 5.41) is 0.966. The molecule has 0 saturated heterocycles. The molecule has 8 heteroatoms. The van der Waals surface area contributed by atoms with Gasteiger partial charge >= 0.3 is 0 Å². The van der Waals surface area contributed by atoms with Gasteiger partial charge in [-0.3, -0.25) is 20.4 Å². The Kier molecular flexibility index (Phi) is 5.69. The van der Waals surface area contributed by atoms with E-state index >= 15 is 0 Å². The predicted molar refractivity (Wildman–Crippen MR) is 104 cm³/mol. The molecule has 0 fully saturated rings. The van der Waals surface area contributed by atoms with Crippen molar-refractivity contribution >= 4 is 22.7 Å². The first-order valence-corrected chi connectivity index (χ1v) is 8.51. The lowest BCUT2D eigenvalue weighted by molar-refractivity contribution is -0.121. The number of aromatic nitrogens is 1. The van der Waals surface area contributed by atoms with Crippen molar-refractivity contribution in [1.82, 2.24) is 15.8 Å². The van der Waals surface area contributed by atoms with Gasteiger partial charge in [-0.1, -0.05) is 18.2 Å². The zero-order chi connectivity index (χ0) is 20.1. The summed E-state index contributed by atoms with van der Waals surface area (Å²) in [6.45, 7) is 0. The molecule has 0 aliphatic heterocycles. The molecule has 146 valence electrons. The van der Waals surface area contributed by atoms with Gasteiger partial charge in [0.15, 0.2) is 11.5 Å². The van der Waals surface area contributed by atoms with Crippen molar-refractivity contribution in [3.05, 3.63) is 53.7 Å². The van der Waals surface area contributed by atoms with E-state index in [1.54, 1.807) is 6.20 Å². The van der Waals surface area contributed by atoms with Gasteiger partial charge in [0, 0.05) is 22.7 Å². The molecule has 1 heterocycles. The number of carbonyl (C=O) groups is 2. The number of hydrogen-bond donors (Lipinski definition) is 3. The van der Waals surface area contributed by atoms with E-state index in [9.17, 15) is 9.59 Å². The van der Waals surface area contributed by atoms with Crippen LogP contribution in [-0.4, -0.2) is 38.1 Å². The maximum Gasteiger partial charge on any atom is 0.269 e. The van der Waals surface area contributed by atoms with Crippen LogP contribution in [0.2, 0.25) is 0 Å². The highest BCUT2D eigenvalue weighted by molar-refractivity contribution is 5.97. The Bertz CT molecular complexity index is 987. The highest BCUT2D eigenvalue weighted by atomic mass is 16.5. The van der Waals surface area contributed by atoms with Crippen LogP contribution in [0.1, 0.15) is 15.9 Å². The lowest BCUT2D eigenvalue weighted by Crippen LogP contribution is -2.42. The van der Waals surface area contributed by atoms with Crippen LogP contribution < -0.4 is 25.1 Å². The molecule has 0 bridgehead atoms. The van der Waals surface area contributed by atoms with Crippen molar-refractivity contribution in [2.45, 2.75) is 6.42 Å². The molecule has 2 amide bonds. The molecule has 0 unspecified atom stereocenters. The Hall–Kier alpha value is -3.68. The van der Waals surface area contributed by atoms with E-state index in [2.05, 4.69) is 15.8 Å². The monoisotopic (exact) mass is 383 g/mol. The molecule has 0 aliphatic carbocycles. The number of H-pyrrole nitrogens is 1. The summed E-state index contributed by atoms with van der Waals surface area (Å²) >= 11 is 0. The van der Waals surface area contributed by atoms with Crippen molar-refractivity contribution < 1.29 is 23.8 Å². The average Bonchev–Trinajstić information content (AvgIpc) is 3.13. The van der Waals surface area contributed by atoms with Crippen LogP contribution in [-0.2, 0) is 11.2 Å². The minimum Gasteiger partial charge on any atom is -0.493 e. The number of aromatic amines is 1. The normalized spacial score (nSPS) is 10.4. The molecule has 28 heavy (non-hydrogen) atoms. The third-order valence-corrected chi connectivity index (χ3v) is 4.27. The quantitative estimate of drug-likeness (QED) is 0.567. The van der Waals surface area contributed by atoms with Crippen molar-refractivity contribution in [3.8, 4) is 17.2 Å². The molecule has 3 N–H and O–H groups in total. The molecule has 0 saturated carbocycles. The Labute approximate surface area is 161 Å². The first kappa shape index (κ1) is 19.1. The van der Waals surface area contributed by atoms with Crippen LogP contribution in [0.4, 0.5) is 0 Å². The second-order valence-electron chi connectivity index (χ2n) is 5.95. The van der Waals surface area contributed by atoms with E-state index in [4.69, 9.17) is 14.2 Å². The average molecular weight is 383 g/mol. The number of amides is 2. The Morgan fingerprint density at radius 3 is 2.29 bits per heavy atom. The summed E-state index contributed by atoms with van der Waals surface area (Å²) in [5.74, 6) is 0.219. The van der Waals surface area contributed by atoms with Gasteiger partial charge in [-0.25, -0.2) is 0 Å². The third-order valence-electron chi connectivity index (χ3n) is 4.27. The maximum atomic E-state index is 12.4. The fraction of sp³-hybridized carbons (Fsp3) is 0.200.